The van der Waals surface area contributed by atoms with E-state index < -0.39 is 39.6 Å². The minimum Gasteiger partial charge on any atom is -0.480 e. The number of thiophene rings is 1. The minimum absolute atomic E-state index is 0.383. The van der Waals surface area contributed by atoms with Gasteiger partial charge in [0.15, 0.2) is 0 Å². The van der Waals surface area contributed by atoms with Crippen LogP contribution in [-0.4, -0.2) is 49.5 Å². The molecule has 0 aliphatic carbocycles. The Morgan fingerprint density at radius 1 is 1.35 bits per heavy atom. The number of carbonyl (C=O) groups is 3. The molecule has 7 nitrogen and oxygen atoms in total. The lowest BCUT2D eigenvalue weighted by Gasteiger charge is -2.51. The molecule has 2 saturated heterocycles. The molecule has 4 atom stereocenters. The van der Waals surface area contributed by atoms with Gasteiger partial charge in [-0.15, -0.1) is 23.1 Å². The number of β-lactam (4-membered cyclic amide) rings is 1. The van der Waals surface area contributed by atoms with Gasteiger partial charge < -0.3 is 21.1 Å². The molecule has 0 bridgehead atoms. The van der Waals surface area contributed by atoms with Crippen molar-refractivity contribution >= 4 is 40.9 Å². The summed E-state index contributed by atoms with van der Waals surface area (Å²) in [5.41, 5.74) is 5.72. The van der Waals surface area contributed by atoms with Gasteiger partial charge in [-0.2, -0.15) is 0 Å². The van der Waals surface area contributed by atoms with E-state index >= 15 is 0 Å². The van der Waals surface area contributed by atoms with Crippen molar-refractivity contribution in [3.63, 3.8) is 0 Å². The smallest absolute Gasteiger partial charge is 0.327 e. The molecule has 9 heteroatoms. The molecular weight excluding hydrogens is 374 g/mol. The molecule has 4 N–H and O–H groups in total. The van der Waals surface area contributed by atoms with Crippen LogP contribution in [-0.2, 0) is 14.4 Å². The molecule has 2 aliphatic heterocycles. The van der Waals surface area contributed by atoms with Gasteiger partial charge in [-0.3, -0.25) is 9.59 Å². The SMILES string of the molecule is Cc1cc(C(N)C(=O)N[C@@]2(C)C(=O)N3[C@@H](C(=O)O)C(C)(C)S[C@@H]32)c(C)s1. The van der Waals surface area contributed by atoms with Crippen LogP contribution in [0, 0.1) is 13.8 Å². The first-order chi connectivity index (χ1) is 11.9. The highest BCUT2D eigenvalue weighted by molar-refractivity contribution is 8.01. The third kappa shape index (κ3) is 2.64. The van der Waals surface area contributed by atoms with E-state index in [1.807, 2.05) is 19.9 Å². The maximum atomic E-state index is 12.7. The number of rotatable bonds is 4. The number of thioether (sulfide) groups is 1. The van der Waals surface area contributed by atoms with Crippen molar-refractivity contribution in [1.82, 2.24) is 10.2 Å². The fraction of sp³-hybridized carbons (Fsp3) is 0.588. The number of nitrogens with zero attached hydrogens (tertiary/aromatic N) is 1. The lowest BCUT2D eigenvalue weighted by atomic mass is 9.85. The maximum Gasteiger partial charge on any atom is 0.327 e. The van der Waals surface area contributed by atoms with Crippen LogP contribution >= 0.6 is 23.1 Å². The Bertz CT molecular complexity index is 806. The Morgan fingerprint density at radius 2 is 1.96 bits per heavy atom. The average molecular weight is 398 g/mol. The van der Waals surface area contributed by atoms with Crippen molar-refractivity contribution in [2.45, 2.75) is 62.4 Å². The highest BCUT2D eigenvalue weighted by Gasteiger charge is 2.70. The number of carboxylic acid groups (broad SMARTS) is 1. The summed E-state index contributed by atoms with van der Waals surface area (Å²) in [5.74, 6) is -1.85. The molecule has 0 radical (unpaired) electrons. The number of nitrogens with two attached hydrogens (primary N) is 1. The van der Waals surface area contributed by atoms with Gasteiger partial charge in [-0.1, -0.05) is 0 Å². The van der Waals surface area contributed by atoms with Gasteiger partial charge in [0, 0.05) is 14.5 Å². The molecule has 26 heavy (non-hydrogen) atoms. The van der Waals surface area contributed by atoms with E-state index in [0.717, 1.165) is 15.3 Å². The summed E-state index contributed by atoms with van der Waals surface area (Å²) in [4.78, 5) is 40.4. The zero-order valence-electron chi connectivity index (χ0n) is 15.3. The molecule has 0 saturated carbocycles. The second-order valence-corrected chi connectivity index (χ2v) is 10.8. The standard InChI is InChI=1S/C17H23N3O4S2/c1-7-6-9(8(2)25-7)10(18)12(21)19-17(5)14(24)20-11(13(22)23)16(3,4)26-15(17)20/h6,10-11,15H,18H2,1-5H3,(H,19,21)(H,22,23)/t10?,11-,15+,17-/m0/s1. The van der Waals surface area contributed by atoms with E-state index in [4.69, 9.17) is 5.73 Å². The van der Waals surface area contributed by atoms with Crippen LogP contribution in [0.15, 0.2) is 6.07 Å². The number of carbonyl (C=O) groups excluding carboxylic acids is 2. The first-order valence-corrected chi connectivity index (χ1v) is 9.97. The molecule has 1 unspecified atom stereocenters. The molecule has 2 fully saturated rings. The second kappa shape index (κ2) is 5.97. The number of fused-ring (bicyclic) bond motifs is 1. The zero-order valence-corrected chi connectivity index (χ0v) is 17.0. The van der Waals surface area contributed by atoms with Crippen LogP contribution in [0.1, 0.15) is 42.1 Å². The Morgan fingerprint density at radius 3 is 2.46 bits per heavy atom. The normalized spacial score (nSPS) is 30.5. The Labute approximate surface area is 160 Å². The summed E-state index contributed by atoms with van der Waals surface area (Å²) in [7, 11) is 0. The van der Waals surface area contributed by atoms with E-state index in [0.29, 0.717) is 0 Å². The molecule has 2 amide bonds. The van der Waals surface area contributed by atoms with Crippen molar-refractivity contribution in [3.05, 3.63) is 21.4 Å². The molecule has 0 spiro atoms. The van der Waals surface area contributed by atoms with Crippen molar-refractivity contribution in [3.8, 4) is 0 Å². The highest BCUT2D eigenvalue weighted by atomic mass is 32.2. The lowest BCUT2D eigenvalue weighted by molar-refractivity contribution is -0.168. The predicted octanol–water partition coefficient (Wildman–Crippen LogP) is 1.39. The third-order valence-corrected chi connectivity index (χ3v) is 7.83. The van der Waals surface area contributed by atoms with Gasteiger partial charge >= 0.3 is 5.97 Å². The summed E-state index contributed by atoms with van der Waals surface area (Å²) in [6.07, 6.45) is 0. The molecule has 142 valence electrons. The van der Waals surface area contributed by atoms with E-state index in [1.165, 1.54) is 16.7 Å². The third-order valence-electron chi connectivity index (χ3n) is 5.09. The molecule has 3 rings (SSSR count). The lowest BCUT2D eigenvalue weighted by Crippen LogP contribution is -2.78. The van der Waals surface area contributed by atoms with Gasteiger partial charge in [-0.25, -0.2) is 4.79 Å². The topological polar surface area (TPSA) is 113 Å². The van der Waals surface area contributed by atoms with Gasteiger partial charge in [-0.05, 0) is 46.2 Å². The Hall–Kier alpha value is -1.58. The second-order valence-electron chi connectivity index (χ2n) is 7.56. The summed E-state index contributed by atoms with van der Waals surface area (Å²) < 4.78 is -0.641. The van der Waals surface area contributed by atoms with E-state index in [9.17, 15) is 19.5 Å². The molecular formula is C17H23N3O4S2. The van der Waals surface area contributed by atoms with Crippen LogP contribution in [0.25, 0.3) is 0 Å². The van der Waals surface area contributed by atoms with E-state index in [-0.39, 0.29) is 5.91 Å². The maximum absolute atomic E-state index is 12.7. The molecule has 0 aromatic carbocycles. The molecule has 1 aromatic heterocycles. The van der Waals surface area contributed by atoms with Crippen molar-refractivity contribution in [1.29, 1.82) is 0 Å². The fourth-order valence-electron chi connectivity index (χ4n) is 3.77. The molecule has 3 heterocycles. The van der Waals surface area contributed by atoms with E-state index in [1.54, 1.807) is 32.1 Å². The van der Waals surface area contributed by atoms with Crippen LogP contribution in [0.2, 0.25) is 0 Å². The first kappa shape index (κ1) is 19.2. The van der Waals surface area contributed by atoms with Crippen LogP contribution in [0.3, 0.4) is 0 Å². The van der Waals surface area contributed by atoms with Crippen LogP contribution < -0.4 is 11.1 Å². The van der Waals surface area contributed by atoms with Crippen LogP contribution in [0.5, 0.6) is 0 Å². The number of hydrogen-bond donors (Lipinski definition) is 3. The molecule has 1 aromatic rings. The van der Waals surface area contributed by atoms with Gasteiger partial charge in [0.05, 0.1) is 0 Å². The summed E-state index contributed by atoms with van der Waals surface area (Å²) in [6, 6.07) is 0.105. The van der Waals surface area contributed by atoms with E-state index in [2.05, 4.69) is 5.32 Å². The summed E-state index contributed by atoms with van der Waals surface area (Å²) >= 11 is 2.96. The average Bonchev–Trinajstić information content (AvgIpc) is 3.00. The van der Waals surface area contributed by atoms with Crippen molar-refractivity contribution < 1.29 is 19.5 Å². The Balaban J connectivity index is 1.80. The monoisotopic (exact) mass is 397 g/mol. The van der Waals surface area contributed by atoms with Crippen molar-refractivity contribution in [2.24, 2.45) is 5.73 Å². The summed E-state index contributed by atoms with van der Waals surface area (Å²) in [5, 5.41) is 11.9. The van der Waals surface area contributed by atoms with Gasteiger partial charge in [0.25, 0.3) is 5.91 Å². The largest absolute Gasteiger partial charge is 0.480 e. The fourth-order valence-corrected chi connectivity index (χ4v) is 6.39. The number of hydrogen-bond acceptors (Lipinski definition) is 6. The van der Waals surface area contributed by atoms with Gasteiger partial charge in [0.1, 0.15) is 23.0 Å². The Kier molecular flexibility index (Phi) is 4.40. The zero-order chi connectivity index (χ0) is 19.6. The number of carboxylic acids is 1. The first-order valence-electron chi connectivity index (χ1n) is 8.28. The number of nitrogens with one attached hydrogen (secondary N) is 1. The van der Waals surface area contributed by atoms with Gasteiger partial charge in [0.2, 0.25) is 5.91 Å². The number of aliphatic carboxylic acids is 1. The quantitative estimate of drug-likeness (QED) is 0.662. The number of aryl methyl sites for hydroxylation is 2. The highest BCUT2D eigenvalue weighted by Crippen LogP contribution is 2.54. The molecule has 2 aliphatic rings. The number of amides is 2. The minimum atomic E-state index is -1.15. The van der Waals surface area contributed by atoms with Crippen LogP contribution in [0.4, 0.5) is 0 Å². The van der Waals surface area contributed by atoms with Crippen molar-refractivity contribution in [2.75, 3.05) is 0 Å². The summed E-state index contributed by atoms with van der Waals surface area (Å²) in [6.45, 7) is 9.09. The predicted molar refractivity (Wildman–Crippen MR) is 101 cm³/mol.